The molecule has 1 spiro atoms. The second-order valence-electron chi connectivity index (χ2n) is 4.32. The fourth-order valence-electron chi connectivity index (χ4n) is 2.26. The van der Waals surface area contributed by atoms with E-state index in [4.69, 9.17) is 9.47 Å². The van der Waals surface area contributed by atoms with E-state index in [2.05, 4.69) is 0 Å². The first-order valence-corrected chi connectivity index (χ1v) is 6.85. The van der Waals surface area contributed by atoms with Crippen LogP contribution in [0.25, 0.3) is 0 Å². The molecule has 1 saturated carbocycles. The van der Waals surface area contributed by atoms with Gasteiger partial charge in [-0.1, -0.05) is 6.42 Å². The molecule has 6 nitrogen and oxygen atoms in total. The molecule has 1 aliphatic carbocycles. The van der Waals surface area contributed by atoms with Gasteiger partial charge in [0.25, 0.3) is 0 Å². The van der Waals surface area contributed by atoms with Crippen molar-refractivity contribution in [2.75, 3.05) is 6.61 Å². The van der Waals surface area contributed by atoms with Gasteiger partial charge in [0, 0.05) is 12.8 Å². The van der Waals surface area contributed by atoms with Crippen LogP contribution >= 0.6 is 0 Å². The first kappa shape index (κ1) is 15.8. The first-order valence-electron chi connectivity index (χ1n) is 5.38. The van der Waals surface area contributed by atoms with Gasteiger partial charge in [0.2, 0.25) is 0 Å². The number of ether oxygens (including phenoxy) is 2. The minimum absolute atomic E-state index is 0. The fraction of sp³-hybridized carbons (Fsp3) is 1.00. The Bertz CT molecular complexity index is 350. The van der Waals surface area contributed by atoms with Crippen LogP contribution in [0.1, 0.15) is 32.1 Å². The number of rotatable bonds is 2. The van der Waals surface area contributed by atoms with Crippen molar-refractivity contribution in [2.24, 2.45) is 0 Å². The summed E-state index contributed by atoms with van der Waals surface area (Å²) in [6.45, 7) is -0.0391. The molecule has 1 aliphatic heterocycles. The average molecular weight is 274 g/mol. The maximum atomic E-state index is 10.6. The molecule has 0 bridgehead atoms. The van der Waals surface area contributed by atoms with Gasteiger partial charge in [0.1, 0.15) is 16.2 Å². The summed E-state index contributed by atoms with van der Waals surface area (Å²) in [6.07, 6.45) is 3.33. The first-order chi connectivity index (χ1) is 7.43. The minimum atomic E-state index is -4.74. The predicted molar refractivity (Wildman–Crippen MR) is 52.3 cm³/mol. The van der Waals surface area contributed by atoms with Gasteiger partial charge in [-0.25, -0.2) is 8.42 Å². The average Bonchev–Trinajstić information content (AvgIpc) is 2.61. The van der Waals surface area contributed by atoms with Gasteiger partial charge in [0.15, 0.2) is 11.2 Å². The molecule has 0 aromatic rings. The summed E-state index contributed by atoms with van der Waals surface area (Å²) in [6, 6.07) is 0. The normalized spacial score (nSPS) is 29.9. The molecule has 2 fully saturated rings. The summed E-state index contributed by atoms with van der Waals surface area (Å²) in [5.74, 6) is -0.769. The van der Waals surface area contributed by atoms with Crippen LogP contribution in [-0.2, 0) is 19.6 Å². The summed E-state index contributed by atoms with van der Waals surface area (Å²) < 4.78 is 42.8. The maximum Gasteiger partial charge on any atom is 1.00 e. The molecule has 1 heterocycles. The molecular weight excluding hydrogens is 259 g/mol. The van der Waals surface area contributed by atoms with E-state index in [9.17, 15) is 18.1 Å². The smallest absolute Gasteiger partial charge is 0.746 e. The summed E-state index contributed by atoms with van der Waals surface area (Å²) in [7, 11) is -4.74. The van der Waals surface area contributed by atoms with Crippen LogP contribution in [0, 0.1) is 0 Å². The second-order valence-corrected chi connectivity index (χ2v) is 5.79. The Hall–Kier alpha value is 0.790. The maximum absolute atomic E-state index is 10.6. The molecule has 0 aromatic carbocycles. The van der Waals surface area contributed by atoms with Crippen molar-refractivity contribution in [3.63, 3.8) is 0 Å². The van der Waals surface area contributed by atoms with E-state index in [0.717, 1.165) is 19.3 Å². The van der Waals surface area contributed by atoms with E-state index in [1.54, 1.807) is 0 Å². The Balaban J connectivity index is 0.00000144. The molecule has 0 amide bonds. The molecule has 17 heavy (non-hydrogen) atoms. The van der Waals surface area contributed by atoms with Crippen LogP contribution in [0.2, 0.25) is 0 Å². The predicted octanol–water partition coefficient (Wildman–Crippen LogP) is -3.07. The topological polar surface area (TPSA) is 95.9 Å². The monoisotopic (exact) mass is 274 g/mol. The molecule has 1 N–H and O–H groups in total. The van der Waals surface area contributed by atoms with Gasteiger partial charge in [-0.3, -0.25) is 0 Å². The van der Waals surface area contributed by atoms with Gasteiger partial charge >= 0.3 is 29.6 Å². The van der Waals surface area contributed by atoms with Crippen molar-refractivity contribution >= 4 is 10.1 Å². The van der Waals surface area contributed by atoms with E-state index in [-0.39, 0.29) is 36.2 Å². The minimum Gasteiger partial charge on any atom is -0.746 e. The summed E-state index contributed by atoms with van der Waals surface area (Å²) in [5.41, 5.74) is -2.03. The Morgan fingerprint density at radius 2 is 1.88 bits per heavy atom. The zero-order valence-electron chi connectivity index (χ0n) is 9.79. The Morgan fingerprint density at radius 3 is 2.41 bits per heavy atom. The van der Waals surface area contributed by atoms with Crippen LogP contribution in [0.4, 0.5) is 0 Å². The van der Waals surface area contributed by atoms with Crippen LogP contribution in [0.3, 0.4) is 0 Å². The Kier molecular flexibility index (Phi) is 5.44. The zero-order chi connectivity index (χ0) is 11.8. The second kappa shape index (κ2) is 5.83. The molecule has 8 heteroatoms. The number of aliphatic hydroxyl groups excluding tert-OH is 1. The number of aliphatic hydroxyl groups is 1. The van der Waals surface area contributed by atoms with Crippen LogP contribution in [0.5, 0.6) is 0 Å². The summed E-state index contributed by atoms with van der Waals surface area (Å²) in [4.78, 5) is 0. The van der Waals surface area contributed by atoms with Crippen LogP contribution < -0.4 is 29.6 Å². The Labute approximate surface area is 123 Å². The molecule has 2 unspecified atom stereocenters. The van der Waals surface area contributed by atoms with Crippen molar-refractivity contribution in [1.29, 1.82) is 0 Å². The number of hydrogen-bond acceptors (Lipinski definition) is 6. The third kappa shape index (κ3) is 3.63. The zero-order valence-corrected chi connectivity index (χ0v) is 12.6. The van der Waals surface area contributed by atoms with Crippen molar-refractivity contribution in [1.82, 2.24) is 0 Å². The van der Waals surface area contributed by atoms with Crippen molar-refractivity contribution in [3.05, 3.63) is 0 Å². The van der Waals surface area contributed by atoms with Gasteiger partial charge in [0.05, 0.1) is 6.61 Å². The van der Waals surface area contributed by atoms with Crippen LogP contribution in [-0.4, -0.2) is 42.0 Å². The molecule has 94 valence electrons. The number of hydrogen-bond donors (Lipinski definition) is 1. The standard InChI is InChI=1S/C9H16O6S.Na/c10-8(16(11,12)13)7-6-14-9(15-7)4-2-1-3-5-9;/h7-8,10H,1-6H2,(H,11,12,13);/q;+1/p-1. The molecule has 0 aromatic heterocycles. The van der Waals surface area contributed by atoms with E-state index >= 15 is 0 Å². The van der Waals surface area contributed by atoms with E-state index in [1.807, 2.05) is 0 Å². The third-order valence-corrected chi connectivity index (χ3v) is 4.00. The molecule has 2 aliphatic rings. The van der Waals surface area contributed by atoms with Gasteiger partial charge in [-0.2, -0.15) is 0 Å². The van der Waals surface area contributed by atoms with Crippen molar-refractivity contribution in [3.8, 4) is 0 Å². The molecule has 1 saturated heterocycles. The summed E-state index contributed by atoms with van der Waals surface area (Å²) in [5, 5.41) is 9.29. The van der Waals surface area contributed by atoms with Gasteiger partial charge < -0.3 is 19.1 Å². The summed E-state index contributed by atoms with van der Waals surface area (Å²) >= 11 is 0. The van der Waals surface area contributed by atoms with Crippen molar-refractivity contribution in [2.45, 2.75) is 49.4 Å². The van der Waals surface area contributed by atoms with E-state index < -0.39 is 27.4 Å². The van der Waals surface area contributed by atoms with Crippen molar-refractivity contribution < 1.29 is 57.1 Å². The van der Waals surface area contributed by atoms with Gasteiger partial charge in [-0.05, 0) is 12.8 Å². The van der Waals surface area contributed by atoms with E-state index in [0.29, 0.717) is 12.8 Å². The SMILES string of the molecule is O=S(=O)([O-])C(O)C1COC2(CCCCC2)O1.[Na+]. The fourth-order valence-corrected chi connectivity index (χ4v) is 2.76. The third-order valence-electron chi connectivity index (χ3n) is 3.11. The Morgan fingerprint density at radius 1 is 1.29 bits per heavy atom. The molecule has 2 atom stereocenters. The molecule has 0 radical (unpaired) electrons. The molecular formula is C9H15NaO6S. The molecule has 2 rings (SSSR count). The quantitative estimate of drug-likeness (QED) is 0.424. The largest absolute Gasteiger partial charge is 1.00 e. The van der Waals surface area contributed by atoms with E-state index in [1.165, 1.54) is 0 Å². The van der Waals surface area contributed by atoms with Gasteiger partial charge in [-0.15, -0.1) is 0 Å². The van der Waals surface area contributed by atoms with Crippen LogP contribution in [0.15, 0.2) is 0 Å².